The van der Waals surface area contributed by atoms with Crippen LogP contribution in [0.15, 0.2) is 69.9 Å². The fourth-order valence-corrected chi connectivity index (χ4v) is 4.53. The molecule has 0 atom stereocenters. The first-order valence-corrected chi connectivity index (χ1v) is 11.8. The monoisotopic (exact) mass is 467 g/mol. The van der Waals surface area contributed by atoms with E-state index in [4.69, 9.17) is 9.47 Å². The Morgan fingerprint density at radius 3 is 2.41 bits per heavy atom. The van der Waals surface area contributed by atoms with Gasteiger partial charge in [-0.1, -0.05) is 11.8 Å². The maximum atomic E-state index is 12.4. The fourth-order valence-electron chi connectivity index (χ4n) is 2.95. The van der Waals surface area contributed by atoms with Crippen LogP contribution in [0, 0.1) is 0 Å². The number of thioether (sulfide) groups is 1. The number of amides is 1. The molecule has 1 amide bonds. The first-order chi connectivity index (χ1) is 15.5. The highest BCUT2D eigenvalue weighted by Crippen LogP contribution is 2.25. The third kappa shape index (κ3) is 5.12. The van der Waals surface area contributed by atoms with E-state index in [1.54, 1.807) is 37.4 Å². The number of carbonyl (C=O) groups is 1. The van der Waals surface area contributed by atoms with Gasteiger partial charge in [0.15, 0.2) is 5.16 Å². The van der Waals surface area contributed by atoms with Crippen molar-refractivity contribution in [3.63, 3.8) is 0 Å². The summed E-state index contributed by atoms with van der Waals surface area (Å²) < 4.78 is 12.7. The van der Waals surface area contributed by atoms with E-state index in [1.807, 2.05) is 36.6 Å². The molecule has 1 N–H and O–H groups in total. The van der Waals surface area contributed by atoms with Crippen molar-refractivity contribution in [2.24, 2.45) is 7.05 Å². The summed E-state index contributed by atoms with van der Waals surface area (Å²) in [7, 11) is 1.66. The molecule has 2 aromatic carbocycles. The molecule has 0 fully saturated rings. The molecule has 0 aliphatic carbocycles. The molecule has 2 aromatic heterocycles. The second kappa shape index (κ2) is 9.88. The SMILES string of the molecule is CCOc1ccc(Oc2ccc(NC(=O)CSc3nc4sccc4c(=O)n3C)cc2)cc1. The zero-order chi connectivity index (χ0) is 22.5. The number of hydrogen-bond donors (Lipinski definition) is 1. The van der Waals surface area contributed by atoms with E-state index < -0.39 is 0 Å². The van der Waals surface area contributed by atoms with Crippen LogP contribution in [0.25, 0.3) is 10.2 Å². The first kappa shape index (κ1) is 21.9. The molecule has 2 heterocycles. The number of anilines is 1. The van der Waals surface area contributed by atoms with Crippen molar-refractivity contribution in [2.45, 2.75) is 12.1 Å². The van der Waals surface area contributed by atoms with Crippen LogP contribution in [0.5, 0.6) is 17.2 Å². The molecule has 0 unspecified atom stereocenters. The van der Waals surface area contributed by atoms with Crippen molar-refractivity contribution in [3.8, 4) is 17.2 Å². The van der Waals surface area contributed by atoms with Gasteiger partial charge in [-0.05, 0) is 66.9 Å². The summed E-state index contributed by atoms with van der Waals surface area (Å²) in [5, 5.41) is 5.79. The Morgan fingerprint density at radius 2 is 1.72 bits per heavy atom. The number of thiophene rings is 1. The largest absolute Gasteiger partial charge is 0.494 e. The highest BCUT2D eigenvalue weighted by Gasteiger charge is 2.12. The van der Waals surface area contributed by atoms with Crippen molar-refractivity contribution in [2.75, 3.05) is 17.7 Å². The lowest BCUT2D eigenvalue weighted by molar-refractivity contribution is -0.113. The standard InChI is InChI=1S/C23H21N3O4S2/c1-3-29-16-8-10-18(11-9-16)30-17-6-4-15(5-7-17)24-20(27)14-32-23-25-21-19(12-13-31-21)22(28)26(23)2/h4-13H,3,14H2,1-2H3,(H,24,27). The normalized spacial score (nSPS) is 10.8. The Morgan fingerprint density at radius 1 is 1.06 bits per heavy atom. The first-order valence-electron chi connectivity index (χ1n) is 9.91. The summed E-state index contributed by atoms with van der Waals surface area (Å²) in [6.45, 7) is 2.55. The van der Waals surface area contributed by atoms with E-state index in [0.717, 1.165) is 5.75 Å². The van der Waals surface area contributed by atoms with Gasteiger partial charge in [0.25, 0.3) is 5.56 Å². The Hall–Kier alpha value is -3.30. The van der Waals surface area contributed by atoms with E-state index in [0.29, 0.717) is 39.2 Å². The minimum atomic E-state index is -0.185. The van der Waals surface area contributed by atoms with Gasteiger partial charge in [-0.25, -0.2) is 4.98 Å². The third-order valence-corrected chi connectivity index (χ3v) is 6.34. The van der Waals surface area contributed by atoms with Crippen LogP contribution < -0.4 is 20.3 Å². The lowest BCUT2D eigenvalue weighted by atomic mass is 10.3. The molecule has 7 nitrogen and oxygen atoms in total. The van der Waals surface area contributed by atoms with Crippen molar-refractivity contribution in [1.82, 2.24) is 9.55 Å². The lowest BCUT2D eigenvalue weighted by Crippen LogP contribution is -2.20. The Labute approximate surface area is 193 Å². The maximum absolute atomic E-state index is 12.4. The second-order valence-corrected chi connectivity index (χ2v) is 8.60. The third-order valence-electron chi connectivity index (χ3n) is 4.50. The fraction of sp³-hybridized carbons (Fsp3) is 0.174. The van der Waals surface area contributed by atoms with Gasteiger partial charge in [0.05, 0.1) is 17.7 Å². The van der Waals surface area contributed by atoms with Crippen LogP contribution in [-0.4, -0.2) is 27.8 Å². The van der Waals surface area contributed by atoms with E-state index in [1.165, 1.54) is 27.7 Å². The van der Waals surface area contributed by atoms with Gasteiger partial charge >= 0.3 is 0 Å². The summed E-state index contributed by atoms with van der Waals surface area (Å²) >= 11 is 2.64. The molecule has 0 bridgehead atoms. The highest BCUT2D eigenvalue weighted by atomic mass is 32.2. The molecule has 32 heavy (non-hydrogen) atoms. The van der Waals surface area contributed by atoms with Gasteiger partial charge in [0, 0.05) is 12.7 Å². The maximum Gasteiger partial charge on any atom is 0.262 e. The van der Waals surface area contributed by atoms with Crippen molar-refractivity contribution in [1.29, 1.82) is 0 Å². The molecule has 164 valence electrons. The Kier molecular flexibility index (Phi) is 6.77. The molecule has 0 radical (unpaired) electrons. The number of carbonyl (C=O) groups excluding carboxylic acids is 1. The summed E-state index contributed by atoms with van der Waals surface area (Å²) in [6.07, 6.45) is 0. The van der Waals surface area contributed by atoms with Gasteiger partial charge < -0.3 is 14.8 Å². The molecule has 0 aliphatic heterocycles. The Balaban J connectivity index is 1.33. The predicted octanol–water partition coefficient (Wildman–Crippen LogP) is 4.92. The molecular formula is C23H21N3O4S2. The smallest absolute Gasteiger partial charge is 0.262 e. The number of benzene rings is 2. The van der Waals surface area contributed by atoms with E-state index in [9.17, 15) is 9.59 Å². The number of fused-ring (bicyclic) bond motifs is 1. The van der Waals surface area contributed by atoms with Crippen LogP contribution in [0.1, 0.15) is 6.92 Å². The zero-order valence-corrected chi connectivity index (χ0v) is 19.2. The molecular weight excluding hydrogens is 446 g/mol. The molecule has 0 aliphatic rings. The van der Waals surface area contributed by atoms with E-state index in [2.05, 4.69) is 10.3 Å². The molecule has 9 heteroatoms. The number of ether oxygens (including phenoxy) is 2. The lowest BCUT2D eigenvalue weighted by Gasteiger charge is -2.10. The second-order valence-electron chi connectivity index (χ2n) is 6.77. The summed E-state index contributed by atoms with van der Waals surface area (Å²) in [6, 6.07) is 16.3. The minimum absolute atomic E-state index is 0.109. The van der Waals surface area contributed by atoms with E-state index in [-0.39, 0.29) is 17.2 Å². The van der Waals surface area contributed by atoms with Crippen LogP contribution in [0.4, 0.5) is 5.69 Å². The van der Waals surface area contributed by atoms with Crippen LogP contribution in [0.3, 0.4) is 0 Å². The van der Waals surface area contributed by atoms with Crippen LogP contribution in [0.2, 0.25) is 0 Å². The average Bonchev–Trinajstić information content (AvgIpc) is 3.27. The van der Waals surface area contributed by atoms with E-state index >= 15 is 0 Å². The van der Waals surface area contributed by atoms with Gasteiger partial charge in [-0.2, -0.15) is 0 Å². The number of rotatable bonds is 8. The molecule has 0 saturated heterocycles. The zero-order valence-electron chi connectivity index (χ0n) is 17.5. The number of aromatic nitrogens is 2. The highest BCUT2D eigenvalue weighted by molar-refractivity contribution is 7.99. The van der Waals surface area contributed by atoms with Crippen molar-refractivity contribution < 1.29 is 14.3 Å². The van der Waals surface area contributed by atoms with Crippen molar-refractivity contribution >= 4 is 44.9 Å². The molecule has 0 saturated carbocycles. The van der Waals surface area contributed by atoms with Gasteiger partial charge in [-0.15, -0.1) is 11.3 Å². The Bertz CT molecular complexity index is 1280. The van der Waals surface area contributed by atoms with Crippen molar-refractivity contribution in [3.05, 3.63) is 70.3 Å². The van der Waals surface area contributed by atoms with Gasteiger partial charge in [0.1, 0.15) is 22.1 Å². The predicted molar refractivity (Wildman–Crippen MR) is 128 cm³/mol. The number of nitrogens with one attached hydrogen (secondary N) is 1. The quantitative estimate of drug-likeness (QED) is 0.293. The topological polar surface area (TPSA) is 82.5 Å². The number of nitrogens with zero attached hydrogens (tertiary/aromatic N) is 2. The summed E-state index contributed by atoms with van der Waals surface area (Å²) in [5.41, 5.74) is 0.549. The molecule has 0 spiro atoms. The molecule has 4 aromatic rings. The van der Waals surface area contributed by atoms with Gasteiger partial charge in [-0.3, -0.25) is 14.2 Å². The molecule has 4 rings (SSSR count). The number of hydrogen-bond acceptors (Lipinski definition) is 7. The summed E-state index contributed by atoms with van der Waals surface area (Å²) in [4.78, 5) is 29.9. The van der Waals surface area contributed by atoms with Crippen LogP contribution in [-0.2, 0) is 11.8 Å². The average molecular weight is 468 g/mol. The van der Waals surface area contributed by atoms with Gasteiger partial charge in [0.2, 0.25) is 5.91 Å². The summed E-state index contributed by atoms with van der Waals surface area (Å²) in [5.74, 6) is 2.10. The minimum Gasteiger partial charge on any atom is -0.494 e. The van der Waals surface area contributed by atoms with Crippen LogP contribution >= 0.6 is 23.1 Å².